The number of hydrogen-bond donors (Lipinski definition) is 1. The minimum atomic E-state index is -3.64. The van der Waals surface area contributed by atoms with Crippen molar-refractivity contribution in [2.45, 2.75) is 44.4 Å². The molecule has 1 fully saturated rings. The van der Waals surface area contributed by atoms with Crippen molar-refractivity contribution in [1.29, 1.82) is 0 Å². The minimum Gasteiger partial charge on any atom is -0.339 e. The maximum absolute atomic E-state index is 12.4. The van der Waals surface area contributed by atoms with Crippen molar-refractivity contribution in [3.05, 3.63) is 29.8 Å². The number of nitrogens with zero attached hydrogens (tertiary/aromatic N) is 2. The third-order valence-corrected chi connectivity index (χ3v) is 6.22. The quantitative estimate of drug-likeness (QED) is 0.815. The molecule has 8 heteroatoms. The summed E-state index contributed by atoms with van der Waals surface area (Å²) in [6.07, 6.45) is 0.0966. The SMILES string of the molecule is CC(=O)N1CCN(C(=O)CCNS(=O)(=O)c2ccc(C(C)(C)C)cc2)CC1. The first kappa shape index (κ1) is 21.4. The molecule has 0 spiro atoms. The Bertz CT molecular complexity index is 774. The molecule has 0 radical (unpaired) electrons. The molecule has 1 aromatic carbocycles. The maximum Gasteiger partial charge on any atom is 0.240 e. The highest BCUT2D eigenvalue weighted by Gasteiger charge is 2.23. The predicted molar refractivity (Wildman–Crippen MR) is 104 cm³/mol. The van der Waals surface area contributed by atoms with E-state index >= 15 is 0 Å². The second-order valence-electron chi connectivity index (χ2n) is 7.81. The van der Waals surface area contributed by atoms with Gasteiger partial charge in [0.25, 0.3) is 0 Å². The van der Waals surface area contributed by atoms with Crippen molar-refractivity contribution in [1.82, 2.24) is 14.5 Å². The highest BCUT2D eigenvalue weighted by Crippen LogP contribution is 2.23. The molecule has 150 valence electrons. The third kappa shape index (κ3) is 5.77. The van der Waals surface area contributed by atoms with Gasteiger partial charge in [-0.2, -0.15) is 0 Å². The molecular weight excluding hydrogens is 366 g/mol. The van der Waals surface area contributed by atoms with E-state index < -0.39 is 10.0 Å². The zero-order valence-corrected chi connectivity index (χ0v) is 17.3. The summed E-state index contributed by atoms with van der Waals surface area (Å²) >= 11 is 0. The number of nitrogens with one attached hydrogen (secondary N) is 1. The minimum absolute atomic E-state index is 0.00679. The molecule has 1 aliphatic rings. The zero-order valence-electron chi connectivity index (χ0n) is 16.5. The second-order valence-corrected chi connectivity index (χ2v) is 9.58. The fourth-order valence-corrected chi connectivity index (χ4v) is 3.97. The van der Waals surface area contributed by atoms with E-state index in [4.69, 9.17) is 0 Å². The van der Waals surface area contributed by atoms with Crippen LogP contribution in [0.1, 0.15) is 39.7 Å². The number of carbonyl (C=O) groups is 2. The van der Waals surface area contributed by atoms with Crippen LogP contribution in [0.2, 0.25) is 0 Å². The second kappa shape index (κ2) is 8.39. The van der Waals surface area contributed by atoms with Crippen LogP contribution in [0.25, 0.3) is 0 Å². The highest BCUT2D eigenvalue weighted by atomic mass is 32.2. The molecule has 2 rings (SSSR count). The summed E-state index contributed by atoms with van der Waals surface area (Å²) in [5, 5.41) is 0. The Morgan fingerprint density at radius 2 is 1.52 bits per heavy atom. The summed E-state index contributed by atoms with van der Waals surface area (Å²) in [4.78, 5) is 27.1. The number of rotatable bonds is 5. The Labute approximate surface area is 161 Å². The van der Waals surface area contributed by atoms with Gasteiger partial charge in [-0.1, -0.05) is 32.9 Å². The van der Waals surface area contributed by atoms with Crippen LogP contribution in [0.5, 0.6) is 0 Å². The normalized spacial score (nSPS) is 15.7. The van der Waals surface area contributed by atoms with Crippen LogP contribution in [0.3, 0.4) is 0 Å². The van der Waals surface area contributed by atoms with Gasteiger partial charge in [-0.05, 0) is 23.1 Å². The van der Waals surface area contributed by atoms with Gasteiger partial charge in [0, 0.05) is 46.1 Å². The summed E-state index contributed by atoms with van der Waals surface area (Å²) in [7, 11) is -3.64. The molecular formula is C19H29N3O4S. The molecule has 1 saturated heterocycles. The van der Waals surface area contributed by atoms with Crippen LogP contribution < -0.4 is 4.72 Å². The summed E-state index contributed by atoms with van der Waals surface area (Å²) in [6.45, 7) is 9.78. The average Bonchev–Trinajstić information content (AvgIpc) is 2.61. The van der Waals surface area contributed by atoms with Gasteiger partial charge in [-0.15, -0.1) is 0 Å². The summed E-state index contributed by atoms with van der Waals surface area (Å²) < 4.78 is 27.3. The lowest BCUT2D eigenvalue weighted by Crippen LogP contribution is -2.50. The summed E-state index contributed by atoms with van der Waals surface area (Å²) in [5.41, 5.74) is 1.01. The molecule has 1 heterocycles. The Morgan fingerprint density at radius 3 is 2.00 bits per heavy atom. The van der Waals surface area contributed by atoms with Crippen molar-refractivity contribution in [2.75, 3.05) is 32.7 Å². The van der Waals surface area contributed by atoms with Gasteiger partial charge in [0.2, 0.25) is 21.8 Å². The fraction of sp³-hybridized carbons (Fsp3) is 0.579. The van der Waals surface area contributed by atoms with Gasteiger partial charge >= 0.3 is 0 Å². The van der Waals surface area contributed by atoms with Crippen LogP contribution in [0.15, 0.2) is 29.2 Å². The fourth-order valence-electron chi connectivity index (χ4n) is 2.94. The topological polar surface area (TPSA) is 86.8 Å². The zero-order chi connectivity index (χ0) is 20.2. The molecule has 27 heavy (non-hydrogen) atoms. The molecule has 1 aromatic rings. The summed E-state index contributed by atoms with van der Waals surface area (Å²) in [5.74, 6) is -0.101. The van der Waals surface area contributed by atoms with Crippen LogP contribution in [0, 0.1) is 0 Å². The lowest BCUT2D eigenvalue weighted by atomic mass is 9.87. The van der Waals surface area contributed by atoms with Crippen molar-refractivity contribution < 1.29 is 18.0 Å². The Kier molecular flexibility index (Phi) is 6.64. The summed E-state index contributed by atoms with van der Waals surface area (Å²) in [6, 6.07) is 6.81. The first-order chi connectivity index (χ1) is 12.5. The van der Waals surface area contributed by atoms with E-state index in [9.17, 15) is 18.0 Å². The number of amides is 2. The molecule has 0 aromatic heterocycles. The van der Waals surface area contributed by atoms with Gasteiger partial charge in [0.1, 0.15) is 0 Å². The number of piperazine rings is 1. The van der Waals surface area contributed by atoms with Crippen molar-refractivity contribution in [3.63, 3.8) is 0 Å². The highest BCUT2D eigenvalue weighted by molar-refractivity contribution is 7.89. The Hall–Kier alpha value is -1.93. The van der Waals surface area contributed by atoms with Crippen LogP contribution in [-0.4, -0.2) is 62.8 Å². The van der Waals surface area contributed by atoms with Crippen LogP contribution >= 0.6 is 0 Å². The Morgan fingerprint density at radius 1 is 1.00 bits per heavy atom. The monoisotopic (exact) mass is 395 g/mol. The number of benzene rings is 1. The van der Waals surface area contributed by atoms with Gasteiger partial charge < -0.3 is 9.80 Å². The lowest BCUT2D eigenvalue weighted by molar-refractivity contribution is -0.138. The van der Waals surface area contributed by atoms with Gasteiger partial charge in [-0.3, -0.25) is 9.59 Å². The molecule has 2 amide bonds. The number of carbonyl (C=O) groups excluding carboxylic acids is 2. The van der Waals surface area contributed by atoms with Crippen LogP contribution in [-0.2, 0) is 25.0 Å². The van der Waals surface area contributed by atoms with E-state index in [2.05, 4.69) is 25.5 Å². The number of sulfonamides is 1. The largest absolute Gasteiger partial charge is 0.339 e. The first-order valence-corrected chi connectivity index (χ1v) is 10.6. The van der Waals surface area contributed by atoms with Gasteiger partial charge in [0.15, 0.2) is 0 Å². The van der Waals surface area contributed by atoms with Crippen molar-refractivity contribution >= 4 is 21.8 Å². The van der Waals surface area contributed by atoms with Gasteiger partial charge in [0.05, 0.1) is 4.90 Å². The van der Waals surface area contributed by atoms with E-state index in [1.165, 1.54) is 6.92 Å². The van der Waals surface area contributed by atoms with E-state index in [-0.39, 0.29) is 35.1 Å². The van der Waals surface area contributed by atoms with Crippen molar-refractivity contribution in [2.24, 2.45) is 0 Å². The molecule has 0 unspecified atom stereocenters. The maximum atomic E-state index is 12.4. The standard InChI is InChI=1S/C19H29N3O4S/c1-15(23)21-11-13-22(14-12-21)18(24)9-10-20-27(25,26)17-7-5-16(6-8-17)19(2,3)4/h5-8,20H,9-14H2,1-4H3. The van der Waals surface area contributed by atoms with E-state index in [1.807, 2.05) is 12.1 Å². The predicted octanol–water partition coefficient (Wildman–Crippen LogP) is 1.34. The molecule has 1 aliphatic heterocycles. The van der Waals surface area contributed by atoms with E-state index in [0.717, 1.165) is 5.56 Å². The molecule has 0 saturated carbocycles. The Balaban J connectivity index is 1.85. The van der Waals surface area contributed by atoms with Crippen molar-refractivity contribution in [3.8, 4) is 0 Å². The van der Waals surface area contributed by atoms with E-state index in [0.29, 0.717) is 26.2 Å². The molecule has 0 bridgehead atoms. The van der Waals surface area contributed by atoms with Gasteiger partial charge in [-0.25, -0.2) is 13.1 Å². The third-order valence-electron chi connectivity index (χ3n) is 4.74. The molecule has 7 nitrogen and oxygen atoms in total. The molecule has 0 atom stereocenters. The average molecular weight is 396 g/mol. The number of hydrogen-bond acceptors (Lipinski definition) is 4. The lowest BCUT2D eigenvalue weighted by Gasteiger charge is -2.34. The molecule has 1 N–H and O–H groups in total. The first-order valence-electron chi connectivity index (χ1n) is 9.14. The van der Waals surface area contributed by atoms with E-state index in [1.54, 1.807) is 21.9 Å². The van der Waals surface area contributed by atoms with Crippen LogP contribution in [0.4, 0.5) is 0 Å². The molecule has 0 aliphatic carbocycles. The smallest absolute Gasteiger partial charge is 0.240 e.